The van der Waals surface area contributed by atoms with Crippen LogP contribution in [0.5, 0.6) is 0 Å². The number of hydrogen-bond acceptors (Lipinski definition) is 4. The van der Waals surface area contributed by atoms with Crippen LogP contribution in [-0.2, 0) is 9.47 Å². The maximum atomic E-state index is 8.76. The molecule has 0 amide bonds. The topological polar surface area (TPSA) is 66.0 Å². The molecule has 4 atom stereocenters. The second-order valence-corrected chi connectivity index (χ2v) is 11.0. The van der Waals surface area contributed by atoms with E-state index in [1.165, 1.54) is 57.8 Å². The van der Waals surface area contributed by atoms with E-state index in [-0.39, 0.29) is 12.2 Å². The van der Waals surface area contributed by atoms with Crippen LogP contribution in [0.2, 0.25) is 0 Å². The Hall–Kier alpha value is -1.42. The molecule has 0 aromatic heterocycles. The molecule has 0 radical (unpaired) electrons. The van der Waals surface area contributed by atoms with Gasteiger partial charge < -0.3 is 9.47 Å². The van der Waals surface area contributed by atoms with Crippen molar-refractivity contribution in [1.82, 2.24) is 0 Å². The highest BCUT2D eigenvalue weighted by atomic mass is 16.5. The van der Waals surface area contributed by atoms with E-state index >= 15 is 0 Å². The van der Waals surface area contributed by atoms with Crippen LogP contribution >= 0.6 is 0 Å². The van der Waals surface area contributed by atoms with Crippen molar-refractivity contribution in [1.29, 1.82) is 10.5 Å². The summed E-state index contributed by atoms with van der Waals surface area (Å²) in [5.41, 5.74) is 0. The lowest BCUT2D eigenvalue weighted by molar-refractivity contribution is 0.0614. The zero-order chi connectivity index (χ0) is 19.8. The van der Waals surface area contributed by atoms with Crippen LogP contribution in [0.4, 0.5) is 0 Å². The Kier molecular flexibility index (Phi) is 5.64. The summed E-state index contributed by atoms with van der Waals surface area (Å²) in [5, 5.41) is 17.5. The van der Waals surface area contributed by atoms with E-state index in [1.54, 1.807) is 0 Å². The van der Waals surface area contributed by atoms with Crippen molar-refractivity contribution in [2.24, 2.45) is 47.3 Å². The van der Waals surface area contributed by atoms with Gasteiger partial charge in [-0.1, -0.05) is 0 Å². The second kappa shape index (κ2) is 8.37. The quantitative estimate of drug-likeness (QED) is 0.564. The van der Waals surface area contributed by atoms with Gasteiger partial charge >= 0.3 is 0 Å². The monoisotopic (exact) mass is 396 g/mol. The predicted octanol–water partition coefficient (Wildman–Crippen LogP) is 5.79. The third-order valence-electron chi connectivity index (χ3n) is 9.94. The molecular weight excluding hydrogens is 360 g/mol. The zero-order valence-corrected chi connectivity index (χ0v) is 17.7. The van der Waals surface area contributed by atoms with Crippen molar-refractivity contribution in [2.45, 2.75) is 95.7 Å². The molecule has 0 saturated heterocycles. The second-order valence-electron chi connectivity index (χ2n) is 11.0. The molecule has 5 saturated carbocycles. The molecule has 4 nitrogen and oxygen atoms in total. The van der Waals surface area contributed by atoms with Crippen molar-refractivity contribution >= 4 is 0 Å². The molecule has 29 heavy (non-hydrogen) atoms. The van der Waals surface area contributed by atoms with E-state index in [1.807, 2.05) is 12.5 Å². The number of fused-ring (bicyclic) bond motifs is 5. The molecule has 0 aliphatic heterocycles. The fourth-order valence-electron chi connectivity index (χ4n) is 8.66. The molecule has 0 spiro atoms. The van der Waals surface area contributed by atoms with Crippen molar-refractivity contribution < 1.29 is 9.47 Å². The van der Waals surface area contributed by atoms with Crippen LogP contribution in [0, 0.1) is 70.4 Å². The van der Waals surface area contributed by atoms with Crippen LogP contribution < -0.4 is 0 Å². The van der Waals surface area contributed by atoms with Gasteiger partial charge in [0, 0.05) is 0 Å². The van der Waals surface area contributed by atoms with Gasteiger partial charge in [-0.15, -0.1) is 0 Å². The van der Waals surface area contributed by atoms with E-state index in [0.29, 0.717) is 0 Å². The Bertz CT molecular complexity index is 631. The van der Waals surface area contributed by atoms with Gasteiger partial charge in [0.25, 0.3) is 12.5 Å². The minimum absolute atomic E-state index is 0.199. The minimum atomic E-state index is 0.199. The highest BCUT2D eigenvalue weighted by Crippen LogP contribution is 2.62. The van der Waals surface area contributed by atoms with Gasteiger partial charge in [-0.25, -0.2) is 0 Å². The molecule has 5 rings (SSSR count). The molecule has 4 heteroatoms. The molecule has 0 aromatic rings. The van der Waals surface area contributed by atoms with Crippen molar-refractivity contribution in [2.75, 3.05) is 0 Å². The maximum Gasteiger partial charge on any atom is 0.286 e. The lowest BCUT2D eigenvalue weighted by atomic mass is 9.67. The molecule has 0 aromatic carbocycles. The molecule has 0 N–H and O–H groups in total. The summed E-state index contributed by atoms with van der Waals surface area (Å²) in [5.74, 6) is 7.72. The Morgan fingerprint density at radius 2 is 0.828 bits per heavy atom. The Morgan fingerprint density at radius 3 is 1.24 bits per heavy atom. The number of nitriles is 2. The molecule has 5 aliphatic rings. The van der Waals surface area contributed by atoms with Crippen LogP contribution in [0.15, 0.2) is 0 Å². The third-order valence-corrected chi connectivity index (χ3v) is 9.94. The van der Waals surface area contributed by atoms with Crippen LogP contribution in [0.1, 0.15) is 83.5 Å². The first-order chi connectivity index (χ1) is 14.2. The molecule has 0 heterocycles. The van der Waals surface area contributed by atoms with Gasteiger partial charge in [0.2, 0.25) is 0 Å². The molecule has 4 unspecified atom stereocenters. The van der Waals surface area contributed by atoms with Crippen molar-refractivity contribution in [3.8, 4) is 12.5 Å². The maximum absolute atomic E-state index is 8.76. The number of hydrogen-bond donors (Lipinski definition) is 0. The van der Waals surface area contributed by atoms with Gasteiger partial charge in [-0.3, -0.25) is 0 Å². The summed E-state index contributed by atoms with van der Waals surface area (Å²) in [6.07, 6.45) is 21.2. The zero-order valence-electron chi connectivity index (χ0n) is 17.7. The smallest absolute Gasteiger partial charge is 0.286 e. The Balaban J connectivity index is 1.13. The Morgan fingerprint density at radius 1 is 0.448 bits per heavy atom. The summed E-state index contributed by atoms with van der Waals surface area (Å²) < 4.78 is 10.4. The fourth-order valence-corrected chi connectivity index (χ4v) is 8.66. The first-order valence-electron chi connectivity index (χ1n) is 12.3. The van der Waals surface area contributed by atoms with Crippen molar-refractivity contribution in [3.63, 3.8) is 0 Å². The lowest BCUT2D eigenvalue weighted by Gasteiger charge is -2.39. The summed E-state index contributed by atoms with van der Waals surface area (Å²) in [6.45, 7) is 0. The number of rotatable bonds is 4. The lowest BCUT2D eigenvalue weighted by Crippen LogP contribution is -2.30. The molecule has 5 aliphatic carbocycles. The third kappa shape index (κ3) is 3.85. The summed E-state index contributed by atoms with van der Waals surface area (Å²) in [7, 11) is 0. The largest absolute Gasteiger partial charge is 0.424 e. The number of nitrogens with zero attached hydrogens (tertiary/aromatic N) is 2. The Labute approximate surface area is 175 Å². The first-order valence-corrected chi connectivity index (χ1v) is 12.3. The van der Waals surface area contributed by atoms with Gasteiger partial charge in [0.1, 0.15) is 12.2 Å². The first kappa shape index (κ1) is 19.5. The van der Waals surface area contributed by atoms with E-state index < -0.39 is 0 Å². The number of ether oxygens (including phenoxy) is 2. The summed E-state index contributed by atoms with van der Waals surface area (Å²) in [6, 6.07) is 0. The normalized spacial score (nSPS) is 48.9. The van der Waals surface area contributed by atoms with E-state index in [4.69, 9.17) is 20.0 Å². The van der Waals surface area contributed by atoms with Crippen LogP contribution in [0.3, 0.4) is 0 Å². The van der Waals surface area contributed by atoms with Gasteiger partial charge in [-0.05, 0) is 131 Å². The molecule has 2 bridgehead atoms. The van der Waals surface area contributed by atoms with Gasteiger partial charge in [0.05, 0.1) is 0 Å². The van der Waals surface area contributed by atoms with E-state index in [2.05, 4.69) is 0 Å². The average molecular weight is 397 g/mol. The standard InChI is InChI=1S/C25H36N2O2/c26-14-28-22-5-1-16(2-6-22)18-9-20-11-21(10-18)25-13-19(12-24(20)25)17-3-7-23(8-4-17)29-15-27/h16-25H,1-13H2. The van der Waals surface area contributed by atoms with Gasteiger partial charge in [-0.2, -0.15) is 10.5 Å². The average Bonchev–Trinajstić information content (AvgIpc) is 3.29. The highest BCUT2D eigenvalue weighted by Gasteiger charge is 2.53. The fraction of sp³-hybridized carbons (Fsp3) is 0.920. The van der Waals surface area contributed by atoms with E-state index in [9.17, 15) is 0 Å². The molecular formula is C25H36N2O2. The van der Waals surface area contributed by atoms with Crippen LogP contribution in [-0.4, -0.2) is 12.2 Å². The van der Waals surface area contributed by atoms with Crippen molar-refractivity contribution in [3.05, 3.63) is 0 Å². The predicted molar refractivity (Wildman–Crippen MR) is 109 cm³/mol. The van der Waals surface area contributed by atoms with E-state index in [0.717, 1.165) is 73.0 Å². The SMILES string of the molecule is N#COC1CCC(C2CC3CC(C2)C2CC(C4CCC(OC#N)CC4)CC32)CC1. The summed E-state index contributed by atoms with van der Waals surface area (Å²) >= 11 is 0. The minimum Gasteiger partial charge on any atom is -0.424 e. The van der Waals surface area contributed by atoms with Crippen LogP contribution in [0.25, 0.3) is 0 Å². The molecule has 158 valence electrons. The molecule has 5 fully saturated rings. The van der Waals surface area contributed by atoms with Gasteiger partial charge in [0.15, 0.2) is 0 Å². The summed E-state index contributed by atoms with van der Waals surface area (Å²) in [4.78, 5) is 0. The highest BCUT2D eigenvalue weighted by molar-refractivity contribution is 5.03.